The van der Waals surface area contributed by atoms with E-state index in [1.54, 1.807) is 0 Å². The van der Waals surface area contributed by atoms with Gasteiger partial charge in [-0.2, -0.15) is 0 Å². The van der Waals surface area contributed by atoms with Crippen molar-refractivity contribution in [3.8, 4) is 0 Å². The molecule has 97 valence electrons. The summed E-state index contributed by atoms with van der Waals surface area (Å²) in [5.74, 6) is 0. The molecule has 2 aromatic carbocycles. The van der Waals surface area contributed by atoms with Gasteiger partial charge in [0, 0.05) is 42.9 Å². The number of para-hydroxylation sites is 1. The molecule has 0 fully saturated rings. The van der Waals surface area contributed by atoms with Gasteiger partial charge in [-0.05, 0) is 34.9 Å². The fraction of sp³-hybridized carbons (Fsp3) is 0.200. The van der Waals surface area contributed by atoms with Crippen molar-refractivity contribution in [2.24, 2.45) is 0 Å². The summed E-state index contributed by atoms with van der Waals surface area (Å²) in [6, 6.07) is 14.2. The van der Waals surface area contributed by atoms with Crippen LogP contribution >= 0.6 is 23.2 Å². The average molecular weight is 329 g/mol. The zero-order valence-corrected chi connectivity index (χ0v) is 13.4. The Bertz CT molecular complexity index is 600. The van der Waals surface area contributed by atoms with Gasteiger partial charge in [-0.3, -0.25) is 0 Å². The number of hydrogen-bond acceptors (Lipinski definition) is 1. The zero-order valence-electron chi connectivity index (χ0n) is 10.5. The standard InChI is InChI=1S/C15H13Cl2N.V/c1-18-9-10-8-11(16)6-7-12(10)15(17)13-4-2-3-5-14(13)18;/h2-8,15H,9H2,1H3;. The largest absolute Gasteiger partial charge is 0.370 e. The maximum absolute atomic E-state index is 6.63. The molecule has 4 heteroatoms. The van der Waals surface area contributed by atoms with Gasteiger partial charge in [-0.25, -0.2) is 0 Å². The molecule has 1 unspecified atom stereocenters. The van der Waals surface area contributed by atoms with Crippen LogP contribution in [0, 0.1) is 0 Å². The molecule has 0 saturated carbocycles. The summed E-state index contributed by atoms with van der Waals surface area (Å²) >= 11 is 12.7. The summed E-state index contributed by atoms with van der Waals surface area (Å²) in [6.45, 7) is 0.829. The van der Waals surface area contributed by atoms with Gasteiger partial charge in [-0.15, -0.1) is 11.6 Å². The summed E-state index contributed by atoms with van der Waals surface area (Å²) in [6.07, 6.45) is 0. The number of fused-ring (bicyclic) bond motifs is 2. The third-order valence-corrected chi connectivity index (χ3v) is 4.11. The monoisotopic (exact) mass is 328 g/mol. The van der Waals surface area contributed by atoms with Crippen LogP contribution < -0.4 is 4.90 Å². The van der Waals surface area contributed by atoms with Crippen molar-refractivity contribution in [1.82, 2.24) is 0 Å². The molecular formula is C15H13Cl2NV. The molecule has 3 rings (SSSR count). The molecule has 0 aromatic heterocycles. The second kappa shape index (κ2) is 5.81. The number of hydrogen-bond donors (Lipinski definition) is 0. The van der Waals surface area contributed by atoms with E-state index in [9.17, 15) is 0 Å². The molecule has 0 bridgehead atoms. The predicted octanol–water partition coefficient (Wildman–Crippen LogP) is 4.62. The second-order valence-corrected chi connectivity index (χ2v) is 5.49. The number of nitrogens with zero attached hydrogens (tertiary/aromatic N) is 1. The van der Waals surface area contributed by atoms with Gasteiger partial charge in [0.15, 0.2) is 0 Å². The summed E-state index contributed by atoms with van der Waals surface area (Å²) in [5, 5.41) is 0.649. The number of alkyl halides is 1. The molecule has 1 nitrogen and oxygen atoms in total. The summed E-state index contributed by atoms with van der Waals surface area (Å²) in [5.41, 5.74) is 4.69. The zero-order chi connectivity index (χ0) is 12.7. The van der Waals surface area contributed by atoms with Crippen molar-refractivity contribution in [3.63, 3.8) is 0 Å². The molecule has 1 aliphatic rings. The van der Waals surface area contributed by atoms with E-state index in [0.717, 1.165) is 22.7 Å². The summed E-state index contributed by atoms with van der Waals surface area (Å²) in [4.78, 5) is 2.22. The Labute approximate surface area is 135 Å². The Morgan fingerprint density at radius 1 is 1.11 bits per heavy atom. The van der Waals surface area contributed by atoms with Crippen LogP contribution in [0.15, 0.2) is 42.5 Å². The van der Waals surface area contributed by atoms with E-state index in [1.807, 2.05) is 30.3 Å². The molecule has 19 heavy (non-hydrogen) atoms. The average Bonchev–Trinajstić information content (AvgIpc) is 2.47. The fourth-order valence-electron chi connectivity index (χ4n) is 2.52. The normalized spacial score (nSPS) is 17.0. The third-order valence-electron chi connectivity index (χ3n) is 3.41. The van der Waals surface area contributed by atoms with Gasteiger partial charge >= 0.3 is 0 Å². The first-order valence-electron chi connectivity index (χ1n) is 5.89. The van der Waals surface area contributed by atoms with Crippen molar-refractivity contribution in [3.05, 3.63) is 64.2 Å². The van der Waals surface area contributed by atoms with Crippen LogP contribution in [0.3, 0.4) is 0 Å². The minimum atomic E-state index is -0.113. The Morgan fingerprint density at radius 3 is 2.63 bits per heavy atom. The minimum absolute atomic E-state index is 0. The van der Waals surface area contributed by atoms with Crippen molar-refractivity contribution in [1.29, 1.82) is 0 Å². The first kappa shape index (κ1) is 14.8. The Morgan fingerprint density at radius 2 is 1.84 bits per heavy atom. The van der Waals surface area contributed by atoms with Crippen molar-refractivity contribution in [2.75, 3.05) is 11.9 Å². The summed E-state index contributed by atoms with van der Waals surface area (Å²) < 4.78 is 0. The fourth-order valence-corrected chi connectivity index (χ4v) is 3.11. The Balaban J connectivity index is 0.00000133. The van der Waals surface area contributed by atoms with E-state index >= 15 is 0 Å². The van der Waals surface area contributed by atoms with E-state index in [0.29, 0.717) is 0 Å². The topological polar surface area (TPSA) is 3.24 Å². The number of anilines is 1. The maximum atomic E-state index is 6.63. The van der Waals surface area contributed by atoms with E-state index < -0.39 is 0 Å². The molecule has 1 atom stereocenters. The molecule has 0 spiro atoms. The van der Waals surface area contributed by atoms with Gasteiger partial charge in [0.2, 0.25) is 0 Å². The SMILES string of the molecule is CN1Cc2cc(Cl)ccc2C(Cl)c2ccccc21.[V]. The Hall–Kier alpha value is -0.596. The van der Waals surface area contributed by atoms with Gasteiger partial charge in [0.25, 0.3) is 0 Å². The Kier molecular flexibility index (Phi) is 4.52. The van der Waals surface area contributed by atoms with E-state index in [1.165, 1.54) is 11.3 Å². The molecule has 1 heterocycles. The predicted molar refractivity (Wildman–Crippen MR) is 77.7 cm³/mol. The molecule has 1 aliphatic heterocycles. The molecule has 0 aliphatic carbocycles. The van der Waals surface area contributed by atoms with Gasteiger partial charge in [0.1, 0.15) is 0 Å². The molecular weight excluding hydrogens is 316 g/mol. The van der Waals surface area contributed by atoms with Gasteiger partial charge < -0.3 is 4.90 Å². The molecule has 0 N–H and O–H groups in total. The minimum Gasteiger partial charge on any atom is -0.370 e. The van der Waals surface area contributed by atoms with E-state index in [2.05, 4.69) is 24.1 Å². The molecule has 1 radical (unpaired) electrons. The molecule has 0 saturated heterocycles. The van der Waals surface area contributed by atoms with Crippen LogP contribution in [0.5, 0.6) is 0 Å². The van der Waals surface area contributed by atoms with Crippen molar-refractivity contribution in [2.45, 2.75) is 11.9 Å². The van der Waals surface area contributed by atoms with Crippen molar-refractivity contribution < 1.29 is 18.6 Å². The first-order valence-corrected chi connectivity index (χ1v) is 6.70. The van der Waals surface area contributed by atoms with Crippen LogP contribution in [-0.4, -0.2) is 7.05 Å². The van der Waals surface area contributed by atoms with E-state index in [-0.39, 0.29) is 23.9 Å². The maximum Gasteiger partial charge on any atom is 0.0858 e. The molecule has 2 aromatic rings. The van der Waals surface area contributed by atoms with Crippen LogP contribution in [0.2, 0.25) is 5.02 Å². The van der Waals surface area contributed by atoms with Crippen LogP contribution in [0.4, 0.5) is 5.69 Å². The number of rotatable bonds is 0. The van der Waals surface area contributed by atoms with Gasteiger partial charge in [0.05, 0.1) is 5.38 Å². The van der Waals surface area contributed by atoms with Crippen LogP contribution in [-0.2, 0) is 25.1 Å². The number of halogens is 2. The third kappa shape index (κ3) is 2.66. The second-order valence-electron chi connectivity index (χ2n) is 4.62. The van der Waals surface area contributed by atoms with E-state index in [4.69, 9.17) is 23.2 Å². The summed E-state index contributed by atoms with van der Waals surface area (Å²) in [7, 11) is 2.08. The smallest absolute Gasteiger partial charge is 0.0858 e. The molecule has 0 amide bonds. The number of benzene rings is 2. The van der Waals surface area contributed by atoms with Crippen LogP contribution in [0.25, 0.3) is 0 Å². The quantitative estimate of drug-likeness (QED) is 0.638. The first-order chi connectivity index (χ1) is 8.66. The van der Waals surface area contributed by atoms with Gasteiger partial charge in [-0.1, -0.05) is 35.9 Å². The van der Waals surface area contributed by atoms with Crippen molar-refractivity contribution >= 4 is 28.9 Å². The van der Waals surface area contributed by atoms with Crippen LogP contribution in [0.1, 0.15) is 22.1 Å².